The summed E-state index contributed by atoms with van der Waals surface area (Å²) >= 11 is 6.44. The van der Waals surface area contributed by atoms with Gasteiger partial charge in [0.05, 0.1) is 11.3 Å². The van der Waals surface area contributed by atoms with Crippen LogP contribution < -0.4 is 10.5 Å². The Hall–Kier alpha value is -3.96. The molecule has 6 rings (SSSR count). The van der Waals surface area contributed by atoms with Gasteiger partial charge >= 0.3 is 0 Å². The number of nitrogens with one attached hydrogen (secondary N) is 2. The number of hydrogen-bond donors (Lipinski definition) is 3. The van der Waals surface area contributed by atoms with E-state index in [0.29, 0.717) is 16.7 Å². The Morgan fingerprint density at radius 2 is 1.73 bits per heavy atom. The van der Waals surface area contributed by atoms with Crippen LogP contribution in [-0.2, 0) is 0 Å². The van der Waals surface area contributed by atoms with Crippen LogP contribution in [0.4, 0.5) is 5.82 Å². The second kappa shape index (κ2) is 7.57. The average Bonchev–Trinajstić information content (AvgIpc) is 3.40. The highest BCUT2D eigenvalue weighted by atomic mass is 35.5. The van der Waals surface area contributed by atoms with Gasteiger partial charge in [-0.15, -0.1) is 5.10 Å². The molecule has 0 fully saturated rings. The fourth-order valence-corrected chi connectivity index (χ4v) is 4.71. The van der Waals surface area contributed by atoms with Crippen molar-refractivity contribution >= 4 is 34.1 Å². The molecule has 0 aliphatic carbocycles. The number of benzene rings is 3. The highest BCUT2D eigenvalue weighted by Gasteiger charge is 2.33. The lowest BCUT2D eigenvalue weighted by Crippen LogP contribution is -2.11. The van der Waals surface area contributed by atoms with E-state index < -0.39 is 0 Å². The number of aromatic amines is 2. The normalized spacial score (nSPS) is 15.2. The largest absolute Gasteiger partial charge is 0.437 e. The Bertz CT molecular complexity index is 1510. The standard InChI is InChI=1S/C27H21ClN4O/c1-15-7-9-16(10-8-15)22-14-20(24-26(29)31-32-27(24)33-22)23-19-13-18(28)11-12-21(19)30-25(23)17-5-3-2-4-6-17/h2-14,20,30H,1H3,(H3,29,31,32). The van der Waals surface area contributed by atoms with E-state index in [4.69, 9.17) is 22.1 Å². The maximum atomic E-state index is 6.44. The minimum absolute atomic E-state index is 0.189. The Labute approximate surface area is 195 Å². The van der Waals surface area contributed by atoms with Crippen molar-refractivity contribution in [2.75, 3.05) is 5.73 Å². The zero-order valence-corrected chi connectivity index (χ0v) is 18.6. The third-order valence-corrected chi connectivity index (χ3v) is 6.38. The third kappa shape index (κ3) is 3.29. The fraction of sp³-hybridized carbons (Fsp3) is 0.0741. The summed E-state index contributed by atoms with van der Waals surface area (Å²) in [6.45, 7) is 2.07. The number of allylic oxidation sites excluding steroid dienone is 1. The van der Waals surface area contributed by atoms with Crippen LogP contribution in [-0.4, -0.2) is 15.2 Å². The van der Waals surface area contributed by atoms with Gasteiger partial charge in [-0.1, -0.05) is 71.8 Å². The van der Waals surface area contributed by atoms with Crippen molar-refractivity contribution in [3.63, 3.8) is 0 Å². The monoisotopic (exact) mass is 452 g/mol. The van der Waals surface area contributed by atoms with Gasteiger partial charge in [-0.25, -0.2) is 0 Å². The summed E-state index contributed by atoms with van der Waals surface area (Å²) in [5, 5.41) is 8.98. The molecule has 4 N–H and O–H groups in total. The quantitative estimate of drug-likeness (QED) is 0.286. The zero-order chi connectivity index (χ0) is 22.5. The average molecular weight is 453 g/mol. The lowest BCUT2D eigenvalue weighted by molar-refractivity contribution is 0.473. The molecule has 0 saturated carbocycles. The number of H-pyrrole nitrogens is 2. The van der Waals surface area contributed by atoms with Gasteiger partial charge in [0.15, 0.2) is 0 Å². The van der Waals surface area contributed by atoms with Gasteiger partial charge < -0.3 is 15.5 Å². The molecule has 33 heavy (non-hydrogen) atoms. The van der Waals surface area contributed by atoms with Crippen LogP contribution in [0.25, 0.3) is 27.9 Å². The molecular weight excluding hydrogens is 432 g/mol. The number of fused-ring (bicyclic) bond motifs is 2. The predicted molar refractivity (Wildman–Crippen MR) is 133 cm³/mol. The van der Waals surface area contributed by atoms with E-state index in [0.717, 1.165) is 44.6 Å². The zero-order valence-electron chi connectivity index (χ0n) is 17.9. The molecule has 1 aliphatic rings. The van der Waals surface area contributed by atoms with E-state index in [1.807, 2.05) is 36.4 Å². The van der Waals surface area contributed by atoms with E-state index in [2.05, 4.69) is 64.6 Å². The molecule has 0 amide bonds. The Kier molecular flexibility index (Phi) is 4.52. The number of ether oxygens (including phenoxy) is 1. The molecule has 3 heterocycles. The minimum atomic E-state index is -0.189. The molecule has 3 aromatic carbocycles. The highest BCUT2D eigenvalue weighted by molar-refractivity contribution is 6.31. The summed E-state index contributed by atoms with van der Waals surface area (Å²) in [5.41, 5.74) is 13.6. The first kappa shape index (κ1) is 19.7. The molecule has 0 saturated heterocycles. The van der Waals surface area contributed by atoms with E-state index >= 15 is 0 Å². The maximum absolute atomic E-state index is 6.44. The molecule has 6 heteroatoms. The number of aryl methyl sites for hydroxylation is 1. The topological polar surface area (TPSA) is 79.7 Å². The molecule has 162 valence electrons. The number of rotatable bonds is 3. The van der Waals surface area contributed by atoms with Gasteiger partial charge in [0.25, 0.3) is 0 Å². The number of anilines is 1. The summed E-state index contributed by atoms with van der Waals surface area (Å²) in [5.74, 6) is 1.54. The van der Waals surface area contributed by atoms with Crippen LogP contribution in [0.15, 0.2) is 78.9 Å². The lowest BCUT2D eigenvalue weighted by atomic mass is 9.86. The van der Waals surface area contributed by atoms with E-state index in [1.54, 1.807) is 0 Å². The summed E-state index contributed by atoms with van der Waals surface area (Å²) in [6.07, 6.45) is 2.12. The number of hydrogen-bond acceptors (Lipinski definition) is 3. The Balaban J connectivity index is 1.64. The SMILES string of the molecule is Cc1ccc(C2=CC(c3c(-c4ccccc4)[nH]c4ccc(Cl)cc34)c3c(n[nH]c3N)O2)cc1. The number of halogens is 1. The van der Waals surface area contributed by atoms with Crippen molar-refractivity contribution in [2.45, 2.75) is 12.8 Å². The summed E-state index contributed by atoms with van der Waals surface area (Å²) in [6, 6.07) is 24.4. The van der Waals surface area contributed by atoms with Gasteiger partial charge in [-0.3, -0.25) is 5.10 Å². The maximum Gasteiger partial charge on any atom is 0.244 e. The van der Waals surface area contributed by atoms with Gasteiger partial charge in [0.1, 0.15) is 11.6 Å². The van der Waals surface area contributed by atoms with E-state index in [1.165, 1.54) is 5.56 Å². The molecule has 5 nitrogen and oxygen atoms in total. The van der Waals surface area contributed by atoms with Gasteiger partial charge in [0, 0.05) is 27.4 Å². The van der Waals surface area contributed by atoms with Crippen molar-refractivity contribution in [3.05, 3.63) is 106 Å². The number of nitrogens with zero attached hydrogens (tertiary/aromatic N) is 1. The van der Waals surface area contributed by atoms with Crippen LogP contribution in [0, 0.1) is 6.92 Å². The van der Waals surface area contributed by atoms with Crippen molar-refractivity contribution in [2.24, 2.45) is 0 Å². The van der Waals surface area contributed by atoms with E-state index in [-0.39, 0.29) is 5.92 Å². The second-order valence-corrected chi connectivity index (χ2v) is 8.74. The number of aromatic nitrogens is 3. The van der Waals surface area contributed by atoms with Crippen molar-refractivity contribution in [3.8, 4) is 17.1 Å². The molecule has 2 aromatic heterocycles. The first-order valence-corrected chi connectivity index (χ1v) is 11.1. The van der Waals surface area contributed by atoms with Crippen molar-refractivity contribution < 1.29 is 4.74 Å². The molecule has 0 spiro atoms. The fourth-order valence-electron chi connectivity index (χ4n) is 4.54. The smallest absolute Gasteiger partial charge is 0.244 e. The molecule has 0 radical (unpaired) electrons. The van der Waals surface area contributed by atoms with E-state index in [9.17, 15) is 0 Å². The lowest BCUT2D eigenvalue weighted by Gasteiger charge is -2.23. The molecule has 1 atom stereocenters. The molecule has 1 unspecified atom stereocenters. The number of nitrogen functional groups attached to an aromatic ring is 1. The van der Waals surface area contributed by atoms with Gasteiger partial charge in [-0.2, -0.15) is 0 Å². The van der Waals surface area contributed by atoms with Crippen LogP contribution in [0.2, 0.25) is 5.02 Å². The van der Waals surface area contributed by atoms with Gasteiger partial charge in [0.2, 0.25) is 5.88 Å². The summed E-state index contributed by atoms with van der Waals surface area (Å²) in [4.78, 5) is 3.61. The van der Waals surface area contributed by atoms with Crippen LogP contribution in [0.5, 0.6) is 5.88 Å². The first-order valence-electron chi connectivity index (χ1n) is 10.8. The first-order chi connectivity index (χ1) is 16.1. The Morgan fingerprint density at radius 3 is 2.52 bits per heavy atom. The molecule has 5 aromatic rings. The molecule has 0 bridgehead atoms. The van der Waals surface area contributed by atoms with Crippen molar-refractivity contribution in [1.82, 2.24) is 15.2 Å². The predicted octanol–water partition coefficient (Wildman–Crippen LogP) is 6.67. The van der Waals surface area contributed by atoms with Crippen molar-refractivity contribution in [1.29, 1.82) is 0 Å². The van der Waals surface area contributed by atoms with Crippen LogP contribution >= 0.6 is 11.6 Å². The van der Waals surface area contributed by atoms with Crippen LogP contribution in [0.3, 0.4) is 0 Å². The molecular formula is C27H21ClN4O. The second-order valence-electron chi connectivity index (χ2n) is 8.30. The third-order valence-electron chi connectivity index (χ3n) is 6.14. The Morgan fingerprint density at radius 1 is 0.939 bits per heavy atom. The highest BCUT2D eigenvalue weighted by Crippen LogP contribution is 2.47. The van der Waals surface area contributed by atoms with Gasteiger partial charge in [-0.05, 0) is 42.3 Å². The summed E-state index contributed by atoms with van der Waals surface area (Å²) < 4.78 is 6.19. The van der Waals surface area contributed by atoms with Crippen LogP contribution in [0.1, 0.15) is 28.2 Å². The summed E-state index contributed by atoms with van der Waals surface area (Å²) in [7, 11) is 0. The minimum Gasteiger partial charge on any atom is -0.437 e. The molecule has 1 aliphatic heterocycles. The number of nitrogens with two attached hydrogens (primary N) is 1.